The third-order valence-electron chi connectivity index (χ3n) is 2.00. The third kappa shape index (κ3) is 5.64. The second-order valence-electron chi connectivity index (χ2n) is 3.80. The van der Waals surface area contributed by atoms with Crippen molar-refractivity contribution in [2.75, 3.05) is 18.5 Å². The Morgan fingerprint density at radius 3 is 2.87 bits per heavy atom. The average molecular weight is 234 g/mol. The van der Waals surface area contributed by atoms with Crippen molar-refractivity contribution in [3.8, 4) is 0 Å². The first kappa shape index (κ1) is 14.3. The van der Waals surface area contributed by atoms with Crippen LogP contribution in [0.2, 0.25) is 0 Å². The van der Waals surface area contributed by atoms with Gasteiger partial charge in [0.2, 0.25) is 0 Å². The monoisotopic (exact) mass is 233 g/mol. The molecule has 0 aromatic carbocycles. The first-order chi connectivity index (χ1) is 6.72. The van der Waals surface area contributed by atoms with Crippen molar-refractivity contribution in [3.63, 3.8) is 0 Å². The lowest BCUT2D eigenvalue weighted by atomic mass is 10.1. The van der Waals surface area contributed by atoms with E-state index in [0.717, 1.165) is 18.8 Å². The molecule has 0 bridgehead atoms. The SMILES string of the molecule is CC(C)CCNc1ccn(CCO)n1.Cl. The largest absolute Gasteiger partial charge is 0.394 e. The lowest BCUT2D eigenvalue weighted by Crippen LogP contribution is -2.07. The fourth-order valence-corrected chi connectivity index (χ4v) is 1.17. The minimum Gasteiger partial charge on any atom is -0.394 e. The van der Waals surface area contributed by atoms with Gasteiger partial charge in [-0.25, -0.2) is 0 Å². The Morgan fingerprint density at radius 2 is 2.27 bits per heavy atom. The molecule has 0 saturated carbocycles. The Labute approximate surface area is 97.1 Å². The van der Waals surface area contributed by atoms with Crippen LogP contribution in [0.15, 0.2) is 12.3 Å². The summed E-state index contributed by atoms with van der Waals surface area (Å²) >= 11 is 0. The summed E-state index contributed by atoms with van der Waals surface area (Å²) < 4.78 is 1.73. The minimum atomic E-state index is 0. The van der Waals surface area contributed by atoms with Gasteiger partial charge in [0.15, 0.2) is 0 Å². The number of hydrogen-bond donors (Lipinski definition) is 2. The van der Waals surface area contributed by atoms with E-state index in [1.807, 2.05) is 12.3 Å². The highest BCUT2D eigenvalue weighted by molar-refractivity contribution is 5.85. The molecule has 88 valence electrons. The van der Waals surface area contributed by atoms with Gasteiger partial charge in [-0.1, -0.05) is 13.8 Å². The van der Waals surface area contributed by atoms with Crippen molar-refractivity contribution in [2.45, 2.75) is 26.8 Å². The van der Waals surface area contributed by atoms with Crippen LogP contribution in [0.3, 0.4) is 0 Å². The van der Waals surface area contributed by atoms with Crippen LogP contribution in [0.4, 0.5) is 5.82 Å². The molecule has 0 aliphatic heterocycles. The molecule has 2 N–H and O–H groups in total. The Bertz CT molecular complexity index is 263. The van der Waals surface area contributed by atoms with Crippen LogP contribution in [-0.2, 0) is 6.54 Å². The van der Waals surface area contributed by atoms with E-state index in [1.54, 1.807) is 4.68 Å². The minimum absolute atomic E-state index is 0. The van der Waals surface area contributed by atoms with Crippen LogP contribution in [0.5, 0.6) is 0 Å². The van der Waals surface area contributed by atoms with Crippen LogP contribution in [0, 0.1) is 5.92 Å². The van der Waals surface area contributed by atoms with Gasteiger partial charge < -0.3 is 10.4 Å². The number of halogens is 1. The van der Waals surface area contributed by atoms with E-state index < -0.39 is 0 Å². The van der Waals surface area contributed by atoms with Gasteiger partial charge >= 0.3 is 0 Å². The molecule has 0 saturated heterocycles. The molecular weight excluding hydrogens is 214 g/mol. The highest BCUT2D eigenvalue weighted by atomic mass is 35.5. The van der Waals surface area contributed by atoms with Crippen LogP contribution in [0.25, 0.3) is 0 Å². The molecule has 0 unspecified atom stereocenters. The lowest BCUT2D eigenvalue weighted by Gasteiger charge is -2.05. The van der Waals surface area contributed by atoms with Crippen LogP contribution >= 0.6 is 12.4 Å². The molecule has 0 amide bonds. The summed E-state index contributed by atoms with van der Waals surface area (Å²) in [5.41, 5.74) is 0. The van der Waals surface area contributed by atoms with E-state index in [0.29, 0.717) is 12.5 Å². The maximum atomic E-state index is 8.70. The van der Waals surface area contributed by atoms with E-state index in [1.165, 1.54) is 0 Å². The van der Waals surface area contributed by atoms with Gasteiger partial charge in [0, 0.05) is 18.8 Å². The van der Waals surface area contributed by atoms with Crippen LogP contribution in [-0.4, -0.2) is 28.0 Å². The maximum Gasteiger partial charge on any atom is 0.147 e. The number of aliphatic hydroxyl groups is 1. The number of rotatable bonds is 6. The quantitative estimate of drug-likeness (QED) is 0.787. The van der Waals surface area contributed by atoms with Crippen molar-refractivity contribution in [2.24, 2.45) is 5.92 Å². The molecule has 0 radical (unpaired) electrons. The van der Waals surface area contributed by atoms with E-state index in [4.69, 9.17) is 5.11 Å². The highest BCUT2D eigenvalue weighted by Crippen LogP contribution is 2.04. The van der Waals surface area contributed by atoms with Crippen molar-refractivity contribution in [3.05, 3.63) is 12.3 Å². The molecule has 1 rings (SSSR count). The van der Waals surface area contributed by atoms with Gasteiger partial charge in [-0.15, -0.1) is 12.4 Å². The van der Waals surface area contributed by atoms with Gasteiger partial charge in [-0.2, -0.15) is 5.10 Å². The van der Waals surface area contributed by atoms with Gasteiger partial charge in [0.25, 0.3) is 0 Å². The van der Waals surface area contributed by atoms with Crippen molar-refractivity contribution < 1.29 is 5.11 Å². The summed E-state index contributed by atoms with van der Waals surface area (Å²) in [5.74, 6) is 1.60. The molecule has 0 spiro atoms. The Kier molecular flexibility index (Phi) is 7.17. The highest BCUT2D eigenvalue weighted by Gasteiger charge is 1.98. The van der Waals surface area contributed by atoms with E-state index in [9.17, 15) is 0 Å². The molecule has 1 aromatic heterocycles. The second-order valence-corrected chi connectivity index (χ2v) is 3.80. The fraction of sp³-hybridized carbons (Fsp3) is 0.700. The number of aliphatic hydroxyl groups excluding tert-OH is 1. The molecule has 1 heterocycles. The van der Waals surface area contributed by atoms with Gasteiger partial charge in [0.1, 0.15) is 5.82 Å². The Balaban J connectivity index is 0.00000196. The van der Waals surface area contributed by atoms with E-state index in [-0.39, 0.29) is 19.0 Å². The molecule has 0 aliphatic rings. The first-order valence-electron chi connectivity index (χ1n) is 5.10. The molecule has 0 fully saturated rings. The molecule has 0 aliphatic carbocycles. The zero-order valence-corrected chi connectivity index (χ0v) is 10.1. The molecule has 15 heavy (non-hydrogen) atoms. The predicted molar refractivity (Wildman–Crippen MR) is 64.5 cm³/mol. The first-order valence-corrected chi connectivity index (χ1v) is 5.10. The average Bonchev–Trinajstić information content (AvgIpc) is 2.53. The second kappa shape index (κ2) is 7.54. The molecular formula is C10H20ClN3O. The zero-order valence-electron chi connectivity index (χ0n) is 9.31. The molecule has 4 nitrogen and oxygen atoms in total. The lowest BCUT2D eigenvalue weighted by molar-refractivity contribution is 0.269. The predicted octanol–water partition coefficient (Wildman–Crippen LogP) is 1.76. The summed E-state index contributed by atoms with van der Waals surface area (Å²) in [5, 5.41) is 16.2. The van der Waals surface area contributed by atoms with Gasteiger partial charge in [0.05, 0.1) is 13.2 Å². The van der Waals surface area contributed by atoms with E-state index in [2.05, 4.69) is 24.3 Å². The van der Waals surface area contributed by atoms with Crippen LogP contribution in [0.1, 0.15) is 20.3 Å². The molecule has 0 atom stereocenters. The number of anilines is 1. The number of nitrogens with zero attached hydrogens (tertiary/aromatic N) is 2. The number of aromatic nitrogens is 2. The topological polar surface area (TPSA) is 50.1 Å². The Hall–Kier alpha value is -0.740. The summed E-state index contributed by atoms with van der Waals surface area (Å²) in [6.07, 6.45) is 3.01. The molecule has 5 heteroatoms. The normalized spacial score (nSPS) is 10.1. The fourth-order valence-electron chi connectivity index (χ4n) is 1.17. The van der Waals surface area contributed by atoms with Gasteiger partial charge in [-0.3, -0.25) is 4.68 Å². The summed E-state index contributed by atoms with van der Waals surface area (Å²) in [4.78, 5) is 0. The van der Waals surface area contributed by atoms with Gasteiger partial charge in [-0.05, 0) is 12.3 Å². The smallest absolute Gasteiger partial charge is 0.147 e. The maximum absolute atomic E-state index is 8.70. The van der Waals surface area contributed by atoms with E-state index >= 15 is 0 Å². The molecule has 1 aromatic rings. The van der Waals surface area contributed by atoms with Crippen molar-refractivity contribution in [1.29, 1.82) is 0 Å². The Morgan fingerprint density at radius 1 is 1.53 bits per heavy atom. The summed E-state index contributed by atoms with van der Waals surface area (Å²) in [6.45, 7) is 6.05. The third-order valence-corrected chi connectivity index (χ3v) is 2.00. The number of nitrogens with one attached hydrogen (secondary N) is 1. The van der Waals surface area contributed by atoms with Crippen LogP contribution < -0.4 is 5.32 Å². The van der Waals surface area contributed by atoms with Crippen molar-refractivity contribution in [1.82, 2.24) is 9.78 Å². The number of hydrogen-bond acceptors (Lipinski definition) is 3. The summed E-state index contributed by atoms with van der Waals surface area (Å²) in [7, 11) is 0. The zero-order chi connectivity index (χ0) is 10.4. The standard InChI is InChI=1S/C10H19N3O.ClH/c1-9(2)3-5-11-10-4-6-13(12-10)7-8-14;/h4,6,9,14H,3,5,7-8H2,1-2H3,(H,11,12);1H. The van der Waals surface area contributed by atoms with Crippen molar-refractivity contribution >= 4 is 18.2 Å². The summed E-state index contributed by atoms with van der Waals surface area (Å²) in [6, 6.07) is 1.93.